The van der Waals surface area contributed by atoms with Gasteiger partial charge in [-0.15, -0.1) is 0 Å². The third-order valence-electron chi connectivity index (χ3n) is 6.69. The lowest BCUT2D eigenvalue weighted by Crippen LogP contribution is -2.40. The van der Waals surface area contributed by atoms with Crippen molar-refractivity contribution in [3.8, 4) is 11.6 Å². The molecule has 0 spiro atoms. The first kappa shape index (κ1) is 32.3. The number of rotatable bonds is 7. The Morgan fingerprint density at radius 3 is 2.23 bits per heavy atom. The number of carbonyl (C=O) groups is 2. The molecule has 2 aromatic carbocycles. The molecule has 0 bridgehead atoms. The summed E-state index contributed by atoms with van der Waals surface area (Å²) in [5.41, 5.74) is 1.32. The van der Waals surface area contributed by atoms with E-state index in [2.05, 4.69) is 15.6 Å². The molecule has 0 saturated heterocycles. The van der Waals surface area contributed by atoms with Crippen LogP contribution in [-0.2, 0) is 4.79 Å². The Bertz CT molecular complexity index is 1600. The smallest absolute Gasteiger partial charge is 0.475 e. The minimum Gasteiger partial charge on any atom is -0.475 e. The summed E-state index contributed by atoms with van der Waals surface area (Å²) >= 11 is 5.95. The number of fused-ring (bicyclic) bond motifs is 1. The molecule has 0 unspecified atom stereocenters. The van der Waals surface area contributed by atoms with E-state index in [4.69, 9.17) is 36.2 Å². The van der Waals surface area contributed by atoms with Gasteiger partial charge in [0.05, 0.1) is 5.52 Å². The molecule has 1 fully saturated rings. The van der Waals surface area contributed by atoms with E-state index >= 15 is 0 Å². The van der Waals surface area contributed by atoms with E-state index < -0.39 is 12.1 Å². The van der Waals surface area contributed by atoms with Crippen LogP contribution in [0.25, 0.3) is 10.9 Å². The fourth-order valence-corrected chi connectivity index (χ4v) is 4.68. The van der Waals surface area contributed by atoms with Crippen LogP contribution in [-0.4, -0.2) is 64.3 Å². The molecule has 44 heavy (non-hydrogen) atoms. The highest BCUT2D eigenvalue weighted by atomic mass is 35.5. The normalized spacial score (nSPS) is 16.3. The van der Waals surface area contributed by atoms with Gasteiger partial charge >= 0.3 is 12.1 Å². The number of ether oxygens (including phenoxy) is 1. The number of benzene rings is 2. The van der Waals surface area contributed by atoms with E-state index in [9.17, 15) is 18.0 Å². The monoisotopic (exact) mass is 630 g/mol. The number of carbonyl (C=O) groups excluding carboxylic acids is 1. The molecule has 0 radical (unpaired) electrons. The third-order valence-corrected chi connectivity index (χ3v) is 6.94. The number of halogens is 4. The van der Waals surface area contributed by atoms with Crippen LogP contribution >= 0.6 is 11.6 Å². The van der Waals surface area contributed by atoms with Crippen LogP contribution in [0.4, 0.5) is 24.9 Å². The Morgan fingerprint density at radius 2 is 1.59 bits per heavy atom. The van der Waals surface area contributed by atoms with E-state index in [1.54, 1.807) is 42.6 Å². The lowest BCUT2D eigenvalue weighted by molar-refractivity contribution is -0.192. The molecule has 2 heterocycles. The van der Waals surface area contributed by atoms with Gasteiger partial charge in [-0.1, -0.05) is 23.7 Å². The molecular formula is C30H30ClF3N6O4. The predicted molar refractivity (Wildman–Crippen MR) is 160 cm³/mol. The molecule has 2 aromatic heterocycles. The Hall–Kier alpha value is -4.65. The number of aliphatic carboxylic acids is 1. The van der Waals surface area contributed by atoms with Crippen LogP contribution in [0.15, 0.2) is 66.9 Å². The fourth-order valence-electron chi connectivity index (χ4n) is 4.55. The predicted octanol–water partition coefficient (Wildman–Crippen LogP) is 6.32. The van der Waals surface area contributed by atoms with Gasteiger partial charge in [-0.05, 0) is 74.2 Å². The molecule has 14 heteroatoms. The number of aromatic nitrogens is 3. The van der Waals surface area contributed by atoms with E-state index in [1.165, 1.54) is 0 Å². The van der Waals surface area contributed by atoms with Gasteiger partial charge in [0.2, 0.25) is 11.8 Å². The molecule has 5 rings (SSSR count). The molecule has 3 N–H and O–H groups in total. The maximum atomic E-state index is 13.1. The summed E-state index contributed by atoms with van der Waals surface area (Å²) in [6.07, 6.45) is 0.0327. The Labute approximate surface area is 256 Å². The van der Waals surface area contributed by atoms with Crippen molar-refractivity contribution in [2.45, 2.75) is 43.9 Å². The first-order valence-corrected chi connectivity index (χ1v) is 14.0. The average molecular weight is 631 g/mol. The number of carboxylic acids is 1. The second-order valence-corrected chi connectivity index (χ2v) is 10.6. The van der Waals surface area contributed by atoms with Gasteiger partial charge in [-0.2, -0.15) is 18.2 Å². The van der Waals surface area contributed by atoms with Gasteiger partial charge in [0, 0.05) is 42.8 Å². The Balaban J connectivity index is 0.000000566. The quantitative estimate of drug-likeness (QED) is 0.215. The van der Waals surface area contributed by atoms with Crippen molar-refractivity contribution in [3.63, 3.8) is 0 Å². The molecule has 4 aromatic rings. The lowest BCUT2D eigenvalue weighted by Gasteiger charge is -2.30. The van der Waals surface area contributed by atoms with Gasteiger partial charge in [-0.3, -0.25) is 4.79 Å². The molecule has 232 valence electrons. The van der Waals surface area contributed by atoms with Crippen LogP contribution in [0, 0.1) is 0 Å². The Morgan fingerprint density at radius 1 is 0.955 bits per heavy atom. The summed E-state index contributed by atoms with van der Waals surface area (Å²) < 4.78 is 37.6. The number of hydrogen-bond acceptors (Lipinski definition) is 8. The topological polar surface area (TPSA) is 130 Å². The van der Waals surface area contributed by atoms with Gasteiger partial charge in [-0.25, -0.2) is 14.8 Å². The maximum absolute atomic E-state index is 13.1. The van der Waals surface area contributed by atoms with Crippen molar-refractivity contribution >= 4 is 46.1 Å². The molecule has 0 atom stereocenters. The summed E-state index contributed by atoms with van der Waals surface area (Å²) in [7, 11) is 3.97. The largest absolute Gasteiger partial charge is 0.490 e. The highest BCUT2D eigenvalue weighted by molar-refractivity contribution is 6.30. The van der Waals surface area contributed by atoms with Gasteiger partial charge in [0.25, 0.3) is 5.91 Å². The van der Waals surface area contributed by atoms with E-state index in [-0.39, 0.29) is 23.9 Å². The zero-order chi connectivity index (χ0) is 31.9. The van der Waals surface area contributed by atoms with Gasteiger partial charge in [0.15, 0.2) is 0 Å². The van der Waals surface area contributed by atoms with Crippen molar-refractivity contribution in [2.75, 3.05) is 24.3 Å². The molecule has 1 aliphatic rings. The number of para-hydroxylation sites is 1. The van der Waals surface area contributed by atoms with Crippen LogP contribution in [0.5, 0.6) is 11.6 Å². The van der Waals surface area contributed by atoms with E-state index in [1.807, 2.05) is 43.3 Å². The summed E-state index contributed by atoms with van der Waals surface area (Å²) in [6.45, 7) is 0. The van der Waals surface area contributed by atoms with Crippen molar-refractivity contribution < 1.29 is 32.6 Å². The standard InChI is InChI=1S/C28H29ClN6O2.C2HF3O2/c1-35(2)25-22-6-3-4-8-24(22)33-28(34-25)32-20-13-11-19(12-14-20)31-26(36)23-7-5-17-30-27(23)37-21-15-9-18(29)10-16-21;3-2(4,5)1(6)7/h3-10,15-17,19-20H,11-14H2,1-2H3,(H,31,36)(H,32,33,34);(H,6,7). The highest BCUT2D eigenvalue weighted by Gasteiger charge is 2.38. The number of amides is 1. The van der Waals surface area contributed by atoms with Crippen LogP contribution < -0.4 is 20.3 Å². The number of hydrogen-bond donors (Lipinski definition) is 3. The van der Waals surface area contributed by atoms with Gasteiger partial charge in [0.1, 0.15) is 17.1 Å². The van der Waals surface area contributed by atoms with Crippen LogP contribution in [0.3, 0.4) is 0 Å². The molecular weight excluding hydrogens is 601 g/mol. The second-order valence-electron chi connectivity index (χ2n) is 10.2. The van der Waals surface area contributed by atoms with E-state index in [0.717, 1.165) is 42.4 Å². The summed E-state index contributed by atoms with van der Waals surface area (Å²) in [4.78, 5) is 37.7. The third kappa shape index (κ3) is 8.69. The van der Waals surface area contributed by atoms with Crippen molar-refractivity contribution in [3.05, 3.63) is 77.4 Å². The zero-order valence-corrected chi connectivity index (χ0v) is 24.6. The summed E-state index contributed by atoms with van der Waals surface area (Å²) in [5, 5.41) is 15.4. The van der Waals surface area contributed by atoms with Crippen molar-refractivity contribution in [2.24, 2.45) is 0 Å². The molecule has 1 amide bonds. The minimum atomic E-state index is -5.08. The first-order valence-electron chi connectivity index (χ1n) is 13.6. The number of nitrogens with zero attached hydrogens (tertiary/aromatic N) is 4. The fraction of sp³-hybridized carbons (Fsp3) is 0.300. The minimum absolute atomic E-state index is 0.0731. The van der Waals surface area contributed by atoms with Crippen molar-refractivity contribution in [1.82, 2.24) is 20.3 Å². The second kappa shape index (κ2) is 14.2. The number of pyridine rings is 1. The molecule has 0 aliphatic heterocycles. The van der Waals surface area contributed by atoms with Crippen LogP contribution in [0.1, 0.15) is 36.0 Å². The number of anilines is 2. The lowest BCUT2D eigenvalue weighted by atomic mass is 9.91. The molecule has 1 saturated carbocycles. The average Bonchev–Trinajstić information content (AvgIpc) is 2.99. The first-order chi connectivity index (χ1) is 20.9. The van der Waals surface area contributed by atoms with Crippen molar-refractivity contribution in [1.29, 1.82) is 0 Å². The Kier molecular flexibility index (Phi) is 10.4. The number of nitrogens with one attached hydrogen (secondary N) is 2. The van der Waals surface area contributed by atoms with Gasteiger partial charge < -0.3 is 25.4 Å². The molecule has 1 aliphatic carbocycles. The zero-order valence-electron chi connectivity index (χ0n) is 23.8. The number of carboxylic acid groups (broad SMARTS) is 1. The molecule has 10 nitrogen and oxygen atoms in total. The highest BCUT2D eigenvalue weighted by Crippen LogP contribution is 2.28. The summed E-state index contributed by atoms with van der Waals surface area (Å²) in [5.74, 6) is -0.592. The maximum Gasteiger partial charge on any atom is 0.490 e. The van der Waals surface area contributed by atoms with Crippen LogP contribution in [0.2, 0.25) is 5.02 Å². The SMILES string of the molecule is CN(C)c1nc(NC2CCC(NC(=O)c3cccnc3Oc3ccc(Cl)cc3)CC2)nc2ccccc12.O=C(O)C(F)(F)F. The summed E-state index contributed by atoms with van der Waals surface area (Å²) in [6, 6.07) is 18.8. The van der Waals surface area contributed by atoms with E-state index in [0.29, 0.717) is 22.3 Å². The number of alkyl halides is 3.